The maximum absolute atomic E-state index is 12.2. The molecule has 1 aliphatic carbocycles. The zero-order chi connectivity index (χ0) is 25.4. The average Bonchev–Trinajstić information content (AvgIpc) is 3.47. The highest BCUT2D eigenvalue weighted by Crippen LogP contribution is 2.42. The minimum atomic E-state index is -0.948. The second-order valence-electron chi connectivity index (χ2n) is 9.34. The number of carbonyl (C=O) groups is 1. The molecule has 1 N–H and O–H groups in total. The van der Waals surface area contributed by atoms with Gasteiger partial charge in [0, 0.05) is 36.4 Å². The third-order valence-electron chi connectivity index (χ3n) is 6.84. The minimum Gasteiger partial charge on any atom is -0.482 e. The first-order valence-electron chi connectivity index (χ1n) is 12.1. The Bertz CT molecular complexity index is 1450. The van der Waals surface area contributed by atoms with Gasteiger partial charge in [-0.15, -0.1) is 0 Å². The average molecular weight is 486 g/mol. The van der Waals surface area contributed by atoms with E-state index in [9.17, 15) is 20.0 Å². The number of nitrogens with zero attached hydrogens (tertiary/aromatic N) is 3. The van der Waals surface area contributed by atoms with Crippen LogP contribution in [0.1, 0.15) is 30.5 Å². The van der Waals surface area contributed by atoms with Gasteiger partial charge < -0.3 is 9.84 Å². The van der Waals surface area contributed by atoms with Crippen LogP contribution in [0.2, 0.25) is 0 Å². The SMILES string of the molecule is CCn1ncc2cc(-c3cc(CC(C)C(=O)O)cc([N+](=O)[O-])c3OC3Cc4ccccc4C3)ccc21. The number of nitro groups is 1. The highest BCUT2D eigenvalue weighted by molar-refractivity contribution is 5.87. The van der Waals surface area contributed by atoms with Gasteiger partial charge in [0.1, 0.15) is 6.10 Å². The van der Waals surface area contributed by atoms with Crippen molar-refractivity contribution >= 4 is 22.6 Å². The Morgan fingerprint density at radius 1 is 1.19 bits per heavy atom. The van der Waals surface area contributed by atoms with E-state index in [4.69, 9.17) is 4.74 Å². The first-order valence-corrected chi connectivity index (χ1v) is 12.1. The number of carboxylic acid groups (broad SMARTS) is 1. The molecule has 184 valence electrons. The highest BCUT2D eigenvalue weighted by atomic mass is 16.6. The van der Waals surface area contributed by atoms with Gasteiger partial charge in [0.2, 0.25) is 5.75 Å². The molecule has 1 aliphatic rings. The number of aryl methyl sites for hydroxylation is 1. The number of nitro benzene ring substituents is 1. The van der Waals surface area contributed by atoms with Crippen LogP contribution in [0.4, 0.5) is 5.69 Å². The van der Waals surface area contributed by atoms with E-state index in [-0.39, 0.29) is 24.0 Å². The molecule has 3 aromatic carbocycles. The van der Waals surface area contributed by atoms with Gasteiger partial charge in [-0.05, 0) is 53.8 Å². The number of hydrogen-bond acceptors (Lipinski definition) is 5. The maximum Gasteiger partial charge on any atom is 0.311 e. The second-order valence-corrected chi connectivity index (χ2v) is 9.34. The summed E-state index contributed by atoms with van der Waals surface area (Å²) in [4.78, 5) is 23.3. The third kappa shape index (κ3) is 4.42. The maximum atomic E-state index is 12.2. The molecule has 0 saturated heterocycles. The van der Waals surface area contributed by atoms with E-state index in [1.165, 1.54) is 17.2 Å². The normalized spacial score (nSPS) is 14.1. The lowest BCUT2D eigenvalue weighted by Gasteiger charge is -2.19. The highest BCUT2D eigenvalue weighted by Gasteiger charge is 2.29. The number of aromatic nitrogens is 2. The molecule has 1 unspecified atom stereocenters. The van der Waals surface area contributed by atoms with Crippen molar-refractivity contribution in [2.75, 3.05) is 0 Å². The molecule has 0 radical (unpaired) electrons. The summed E-state index contributed by atoms with van der Waals surface area (Å²) < 4.78 is 8.29. The predicted octanol–water partition coefficient (Wildman–Crippen LogP) is 5.44. The van der Waals surface area contributed by atoms with E-state index in [1.807, 2.05) is 48.0 Å². The Balaban J connectivity index is 1.62. The molecule has 1 atom stereocenters. The fraction of sp³-hybridized carbons (Fsp3) is 0.286. The molecule has 0 bridgehead atoms. The van der Waals surface area contributed by atoms with E-state index in [1.54, 1.807) is 13.1 Å². The van der Waals surface area contributed by atoms with E-state index in [0.717, 1.165) is 23.0 Å². The fourth-order valence-electron chi connectivity index (χ4n) is 4.98. The number of aliphatic carboxylic acids is 1. The summed E-state index contributed by atoms with van der Waals surface area (Å²) in [5, 5.41) is 27.0. The van der Waals surface area contributed by atoms with Crippen molar-refractivity contribution in [1.82, 2.24) is 9.78 Å². The van der Waals surface area contributed by atoms with Crippen molar-refractivity contribution < 1.29 is 19.6 Å². The Kier molecular flexibility index (Phi) is 6.18. The van der Waals surface area contributed by atoms with Gasteiger partial charge in [-0.2, -0.15) is 5.10 Å². The van der Waals surface area contributed by atoms with Gasteiger partial charge >= 0.3 is 11.7 Å². The quantitative estimate of drug-likeness (QED) is 0.263. The molecule has 5 rings (SSSR count). The lowest BCUT2D eigenvalue weighted by atomic mass is 9.94. The number of rotatable bonds is 8. The molecule has 0 spiro atoms. The van der Waals surface area contributed by atoms with Crippen LogP contribution in [0.15, 0.2) is 60.8 Å². The molecular weight excluding hydrogens is 458 g/mol. The second kappa shape index (κ2) is 9.45. The molecule has 8 heteroatoms. The minimum absolute atomic E-state index is 0.152. The lowest BCUT2D eigenvalue weighted by molar-refractivity contribution is -0.386. The summed E-state index contributed by atoms with van der Waals surface area (Å²) in [7, 11) is 0. The summed E-state index contributed by atoms with van der Waals surface area (Å²) in [6, 6.07) is 17.2. The number of hydrogen-bond donors (Lipinski definition) is 1. The van der Waals surface area contributed by atoms with Crippen LogP contribution in [-0.4, -0.2) is 31.9 Å². The summed E-state index contributed by atoms with van der Waals surface area (Å²) in [6.07, 6.45) is 3.07. The summed E-state index contributed by atoms with van der Waals surface area (Å²) >= 11 is 0. The van der Waals surface area contributed by atoms with Crippen molar-refractivity contribution in [3.05, 3.63) is 87.6 Å². The Morgan fingerprint density at radius 3 is 2.56 bits per heavy atom. The topological polar surface area (TPSA) is 107 Å². The number of ether oxygens (including phenoxy) is 1. The summed E-state index contributed by atoms with van der Waals surface area (Å²) in [6.45, 7) is 4.34. The van der Waals surface area contributed by atoms with Crippen molar-refractivity contribution in [3.63, 3.8) is 0 Å². The molecule has 8 nitrogen and oxygen atoms in total. The largest absolute Gasteiger partial charge is 0.482 e. The van der Waals surface area contributed by atoms with Gasteiger partial charge in [-0.3, -0.25) is 19.6 Å². The van der Waals surface area contributed by atoms with Crippen LogP contribution in [0, 0.1) is 16.0 Å². The first kappa shape index (κ1) is 23.5. The van der Waals surface area contributed by atoms with E-state index in [0.29, 0.717) is 24.0 Å². The van der Waals surface area contributed by atoms with E-state index in [2.05, 4.69) is 17.2 Å². The molecule has 4 aromatic rings. The molecular formula is C28H27N3O5. The number of benzene rings is 3. The van der Waals surface area contributed by atoms with Crippen molar-refractivity contribution in [2.45, 2.75) is 45.8 Å². The van der Waals surface area contributed by atoms with Gasteiger partial charge in [-0.25, -0.2) is 0 Å². The third-order valence-corrected chi connectivity index (χ3v) is 6.84. The van der Waals surface area contributed by atoms with Crippen LogP contribution >= 0.6 is 0 Å². The van der Waals surface area contributed by atoms with Crippen molar-refractivity contribution in [1.29, 1.82) is 0 Å². The van der Waals surface area contributed by atoms with Crippen LogP contribution in [0.5, 0.6) is 5.75 Å². The van der Waals surface area contributed by atoms with Crippen molar-refractivity contribution in [2.24, 2.45) is 5.92 Å². The molecule has 0 aliphatic heterocycles. The van der Waals surface area contributed by atoms with E-state index >= 15 is 0 Å². The predicted molar refractivity (Wildman–Crippen MR) is 136 cm³/mol. The molecule has 0 fully saturated rings. The van der Waals surface area contributed by atoms with Crippen LogP contribution in [0.25, 0.3) is 22.0 Å². The zero-order valence-electron chi connectivity index (χ0n) is 20.2. The van der Waals surface area contributed by atoms with Gasteiger partial charge in [0.25, 0.3) is 0 Å². The fourth-order valence-corrected chi connectivity index (χ4v) is 4.98. The Labute approximate surface area is 208 Å². The Morgan fingerprint density at radius 2 is 1.92 bits per heavy atom. The standard InChI is InChI=1S/C28H27N3O5/c1-3-30-25-9-8-21(13-22(25)16-29-30)24-11-18(10-17(2)28(32)33)12-26(31(34)35)27(24)36-23-14-19-6-4-5-7-20(19)15-23/h4-9,11-13,16-17,23H,3,10,14-15H2,1-2H3,(H,32,33). The molecule has 1 heterocycles. The number of fused-ring (bicyclic) bond motifs is 2. The smallest absolute Gasteiger partial charge is 0.311 e. The Hall–Kier alpha value is -4.20. The lowest BCUT2D eigenvalue weighted by Crippen LogP contribution is -2.18. The first-order chi connectivity index (χ1) is 17.3. The summed E-state index contributed by atoms with van der Waals surface area (Å²) in [5.74, 6) is -1.41. The summed E-state index contributed by atoms with van der Waals surface area (Å²) in [5.41, 5.74) is 5.12. The monoisotopic (exact) mass is 485 g/mol. The van der Waals surface area contributed by atoms with Crippen LogP contribution in [0.3, 0.4) is 0 Å². The zero-order valence-corrected chi connectivity index (χ0v) is 20.2. The van der Waals surface area contributed by atoms with Gasteiger partial charge in [0.15, 0.2) is 0 Å². The van der Waals surface area contributed by atoms with Gasteiger partial charge in [-0.1, -0.05) is 37.3 Å². The van der Waals surface area contributed by atoms with E-state index < -0.39 is 16.8 Å². The molecule has 1 aromatic heterocycles. The van der Waals surface area contributed by atoms with Crippen LogP contribution < -0.4 is 4.74 Å². The molecule has 0 amide bonds. The van der Waals surface area contributed by atoms with Crippen molar-refractivity contribution in [3.8, 4) is 16.9 Å². The van der Waals surface area contributed by atoms with Gasteiger partial charge in [0.05, 0.1) is 22.6 Å². The molecule has 0 saturated carbocycles. The number of carboxylic acids is 1. The van der Waals surface area contributed by atoms with Crippen LogP contribution in [-0.2, 0) is 30.6 Å². The molecule has 36 heavy (non-hydrogen) atoms.